The lowest BCUT2D eigenvalue weighted by Crippen LogP contribution is -2.08. The van der Waals surface area contributed by atoms with Gasteiger partial charge in [-0.3, -0.25) is 0 Å². The maximum Gasteiger partial charge on any atom is 0.166 e. The Morgan fingerprint density at radius 3 is 3.00 bits per heavy atom. The van der Waals surface area contributed by atoms with Crippen molar-refractivity contribution in [3.05, 3.63) is 28.0 Å². The molecule has 16 heavy (non-hydrogen) atoms. The molecule has 0 N–H and O–H groups in total. The summed E-state index contributed by atoms with van der Waals surface area (Å²) in [5.41, 5.74) is 0.544. The zero-order valence-electron chi connectivity index (χ0n) is 8.41. The van der Waals surface area contributed by atoms with Crippen LogP contribution in [-0.4, -0.2) is 25.6 Å². The second-order valence-corrected chi connectivity index (χ2v) is 4.43. The Balaban J connectivity index is 2.20. The van der Waals surface area contributed by atoms with E-state index in [2.05, 4.69) is 15.9 Å². The molecule has 1 fully saturated rings. The van der Waals surface area contributed by atoms with Crippen LogP contribution in [0.3, 0.4) is 0 Å². The molecule has 0 aliphatic carbocycles. The van der Waals surface area contributed by atoms with E-state index in [0.717, 1.165) is 6.29 Å². The normalized spacial score (nSPS) is 18.2. The van der Waals surface area contributed by atoms with Gasteiger partial charge in [0, 0.05) is 16.5 Å². The van der Waals surface area contributed by atoms with Crippen LogP contribution in [0.2, 0.25) is 0 Å². The summed E-state index contributed by atoms with van der Waals surface area (Å²) in [7, 11) is 0. The van der Waals surface area contributed by atoms with Gasteiger partial charge in [-0.05, 0) is 12.1 Å². The van der Waals surface area contributed by atoms with Crippen molar-refractivity contribution >= 4 is 22.2 Å². The number of ether oxygens (including phenoxy) is 2. The molecule has 86 valence electrons. The highest BCUT2D eigenvalue weighted by Gasteiger charge is 2.24. The van der Waals surface area contributed by atoms with Gasteiger partial charge in [0.2, 0.25) is 0 Å². The Kier molecular flexibility index (Phi) is 3.56. The minimum atomic E-state index is -0.466. The van der Waals surface area contributed by atoms with E-state index in [1.807, 2.05) is 0 Å². The molecule has 3 nitrogen and oxygen atoms in total. The number of hydrogen-bond donors (Lipinski definition) is 0. The van der Waals surface area contributed by atoms with Crippen LogP contribution in [0.25, 0.3) is 0 Å². The third-order valence-electron chi connectivity index (χ3n) is 2.20. The zero-order chi connectivity index (χ0) is 11.5. The number of carbonyl (C=O) groups is 1. The first-order valence-electron chi connectivity index (χ1n) is 4.86. The topological polar surface area (TPSA) is 38.8 Å². The van der Waals surface area contributed by atoms with Crippen molar-refractivity contribution in [2.24, 2.45) is 0 Å². The second kappa shape index (κ2) is 4.93. The lowest BCUT2D eigenvalue weighted by Gasteiger charge is -2.10. The zero-order valence-corrected chi connectivity index (χ0v) is 10.00. The standard InChI is InChI=1S/C11H10BrFO3/c12-8-3-7(1-2-14)11(10(13)4-8)16-6-9-5-15-9/h2-4,9H,1,5-6H2/t9-/m1/s1. The largest absolute Gasteiger partial charge is 0.487 e. The summed E-state index contributed by atoms with van der Waals surface area (Å²) in [5.74, 6) is -0.322. The number of epoxide rings is 1. The van der Waals surface area contributed by atoms with E-state index < -0.39 is 5.82 Å². The molecule has 2 rings (SSSR count). The summed E-state index contributed by atoms with van der Waals surface area (Å²) >= 11 is 3.17. The summed E-state index contributed by atoms with van der Waals surface area (Å²) in [6, 6.07) is 3.00. The number of hydrogen-bond acceptors (Lipinski definition) is 3. The molecule has 1 saturated heterocycles. The van der Waals surface area contributed by atoms with Gasteiger partial charge in [0.05, 0.1) is 6.61 Å². The predicted octanol–water partition coefficient (Wildman–Crippen LogP) is 2.11. The van der Waals surface area contributed by atoms with Gasteiger partial charge in [-0.25, -0.2) is 4.39 Å². The lowest BCUT2D eigenvalue weighted by molar-refractivity contribution is -0.107. The van der Waals surface area contributed by atoms with Crippen LogP contribution >= 0.6 is 15.9 Å². The average molecular weight is 289 g/mol. The van der Waals surface area contributed by atoms with Crippen molar-refractivity contribution in [3.8, 4) is 5.75 Å². The first-order valence-corrected chi connectivity index (χ1v) is 5.66. The van der Waals surface area contributed by atoms with Crippen LogP contribution in [-0.2, 0) is 16.0 Å². The van der Waals surface area contributed by atoms with Crippen molar-refractivity contribution in [2.45, 2.75) is 12.5 Å². The molecule has 1 aliphatic rings. The molecular weight excluding hydrogens is 279 g/mol. The first kappa shape index (κ1) is 11.5. The van der Waals surface area contributed by atoms with Crippen molar-refractivity contribution in [3.63, 3.8) is 0 Å². The molecule has 0 aromatic heterocycles. The van der Waals surface area contributed by atoms with Gasteiger partial charge in [-0.2, -0.15) is 0 Å². The van der Waals surface area contributed by atoms with E-state index in [9.17, 15) is 9.18 Å². The number of aldehydes is 1. The lowest BCUT2D eigenvalue weighted by atomic mass is 10.1. The summed E-state index contributed by atoms with van der Waals surface area (Å²) in [5, 5.41) is 0. The van der Waals surface area contributed by atoms with E-state index in [0.29, 0.717) is 23.2 Å². The molecule has 0 saturated carbocycles. The van der Waals surface area contributed by atoms with E-state index in [1.165, 1.54) is 6.07 Å². The fourth-order valence-corrected chi connectivity index (χ4v) is 1.83. The SMILES string of the molecule is O=CCc1cc(Br)cc(F)c1OC[C@H]1CO1. The average Bonchev–Trinajstić information content (AvgIpc) is 3.00. The molecule has 1 heterocycles. The molecule has 1 aliphatic heterocycles. The number of carbonyl (C=O) groups excluding carboxylic acids is 1. The van der Waals surface area contributed by atoms with Crippen LogP contribution in [0.5, 0.6) is 5.75 Å². The third-order valence-corrected chi connectivity index (χ3v) is 2.66. The first-order chi connectivity index (χ1) is 7.70. The van der Waals surface area contributed by atoms with E-state index in [1.54, 1.807) is 6.07 Å². The monoisotopic (exact) mass is 288 g/mol. The minimum Gasteiger partial charge on any atom is -0.487 e. The molecule has 0 amide bonds. The molecule has 1 aromatic carbocycles. The Morgan fingerprint density at radius 1 is 1.62 bits per heavy atom. The van der Waals surface area contributed by atoms with Gasteiger partial charge >= 0.3 is 0 Å². The summed E-state index contributed by atoms with van der Waals surface area (Å²) in [6.07, 6.45) is 0.922. The molecule has 0 unspecified atom stereocenters. The molecule has 0 spiro atoms. The molecule has 0 radical (unpaired) electrons. The summed E-state index contributed by atoms with van der Waals surface area (Å²) in [6.45, 7) is 0.978. The maximum atomic E-state index is 13.6. The molecule has 1 atom stereocenters. The quantitative estimate of drug-likeness (QED) is 0.615. The van der Waals surface area contributed by atoms with Gasteiger partial charge in [0.25, 0.3) is 0 Å². The van der Waals surface area contributed by atoms with E-state index in [4.69, 9.17) is 9.47 Å². The molecule has 5 heteroatoms. The van der Waals surface area contributed by atoms with Crippen LogP contribution in [0.1, 0.15) is 5.56 Å². The maximum absolute atomic E-state index is 13.6. The van der Waals surface area contributed by atoms with Crippen molar-refractivity contribution in [1.29, 1.82) is 0 Å². The van der Waals surface area contributed by atoms with Gasteiger partial charge < -0.3 is 14.3 Å². The Labute approximate surface area is 101 Å². The van der Waals surface area contributed by atoms with Gasteiger partial charge in [0.15, 0.2) is 11.6 Å². The van der Waals surface area contributed by atoms with Crippen molar-refractivity contribution in [1.82, 2.24) is 0 Å². The Hall–Kier alpha value is -0.940. The minimum absolute atomic E-state index is 0.0622. The molecule has 1 aromatic rings. The number of benzene rings is 1. The highest BCUT2D eigenvalue weighted by molar-refractivity contribution is 9.10. The molecule has 0 bridgehead atoms. The van der Waals surface area contributed by atoms with Crippen LogP contribution < -0.4 is 4.74 Å². The number of halogens is 2. The summed E-state index contributed by atoms with van der Waals surface area (Å²) < 4.78 is 24.5. The molecular formula is C11H10BrFO3. The van der Waals surface area contributed by atoms with Crippen LogP contribution in [0.4, 0.5) is 4.39 Å². The summed E-state index contributed by atoms with van der Waals surface area (Å²) in [4.78, 5) is 10.5. The Morgan fingerprint density at radius 2 is 2.38 bits per heavy atom. The number of rotatable bonds is 5. The van der Waals surface area contributed by atoms with Gasteiger partial charge in [-0.15, -0.1) is 0 Å². The van der Waals surface area contributed by atoms with Crippen molar-refractivity contribution in [2.75, 3.05) is 13.2 Å². The van der Waals surface area contributed by atoms with Crippen LogP contribution in [0.15, 0.2) is 16.6 Å². The third kappa shape index (κ3) is 2.80. The van der Waals surface area contributed by atoms with E-state index in [-0.39, 0.29) is 18.3 Å². The van der Waals surface area contributed by atoms with Crippen LogP contribution in [0, 0.1) is 5.82 Å². The fourth-order valence-electron chi connectivity index (χ4n) is 1.36. The highest BCUT2D eigenvalue weighted by Crippen LogP contribution is 2.28. The predicted molar refractivity (Wildman–Crippen MR) is 59.1 cm³/mol. The van der Waals surface area contributed by atoms with Gasteiger partial charge in [-0.1, -0.05) is 15.9 Å². The fraction of sp³-hybridized carbons (Fsp3) is 0.364. The smallest absolute Gasteiger partial charge is 0.166 e. The Bertz CT molecular complexity index is 404. The van der Waals surface area contributed by atoms with Crippen molar-refractivity contribution < 1.29 is 18.7 Å². The van der Waals surface area contributed by atoms with Gasteiger partial charge in [0.1, 0.15) is 19.0 Å². The highest BCUT2D eigenvalue weighted by atomic mass is 79.9. The second-order valence-electron chi connectivity index (χ2n) is 3.51. The van der Waals surface area contributed by atoms with E-state index >= 15 is 0 Å².